The van der Waals surface area contributed by atoms with Crippen LogP contribution in [0.2, 0.25) is 0 Å². The van der Waals surface area contributed by atoms with Crippen molar-refractivity contribution in [3.05, 3.63) is 29.8 Å². The van der Waals surface area contributed by atoms with Gasteiger partial charge in [-0.05, 0) is 0 Å². The fourth-order valence-electron chi connectivity index (χ4n) is 0.740. The van der Waals surface area contributed by atoms with Gasteiger partial charge in [-0.2, -0.15) is 0 Å². The van der Waals surface area contributed by atoms with Gasteiger partial charge in [0.1, 0.15) is 0 Å². The van der Waals surface area contributed by atoms with E-state index in [1.807, 2.05) is 12.1 Å². The summed E-state index contributed by atoms with van der Waals surface area (Å²) in [6.07, 6.45) is 0. The van der Waals surface area contributed by atoms with Crippen molar-refractivity contribution in [2.24, 2.45) is 0 Å². The molecule has 5 heteroatoms. The Morgan fingerprint density at radius 1 is 1.08 bits per heavy atom. The van der Waals surface area contributed by atoms with Crippen molar-refractivity contribution in [1.82, 2.24) is 0 Å². The van der Waals surface area contributed by atoms with Gasteiger partial charge in [0, 0.05) is 0 Å². The Kier molecular flexibility index (Phi) is 5.32. The molecule has 0 spiro atoms. The number of hydrogen-bond acceptors (Lipinski definition) is 1. The molecule has 0 radical (unpaired) electrons. The standard InChI is InChI=1S/C7H8O.3HI.Zr/c1-6-2-4-7(8)5-3-6;;;;/h2-5,8H,1H3;3*1H;/q;;;;+4/p-4. The summed E-state index contributed by atoms with van der Waals surface area (Å²) in [5.74, 6) is 1.01. The fourth-order valence-corrected chi connectivity index (χ4v) is 6.24. The molecule has 0 aliphatic rings. The number of benzene rings is 1. The van der Waals surface area contributed by atoms with E-state index in [1.54, 1.807) is 0 Å². The molecule has 0 heterocycles. The summed E-state index contributed by atoms with van der Waals surface area (Å²) in [6.45, 7) is 2.08. The van der Waals surface area contributed by atoms with E-state index in [-0.39, 0.29) is 0 Å². The Bertz CT molecular complexity index is 254. The van der Waals surface area contributed by atoms with Crippen molar-refractivity contribution in [3.63, 3.8) is 0 Å². The summed E-state index contributed by atoms with van der Waals surface area (Å²) in [5.41, 5.74) is 1.28. The summed E-state index contributed by atoms with van der Waals surface area (Å²) in [4.78, 5) is 0. The molecule has 0 aromatic heterocycles. The molecular weight excluding hydrogens is 572 g/mol. The number of aryl methyl sites for hydroxylation is 1. The van der Waals surface area contributed by atoms with Crippen LogP contribution in [-0.4, -0.2) is 0 Å². The van der Waals surface area contributed by atoms with E-state index in [1.165, 1.54) is 5.56 Å². The Labute approximate surface area is 105 Å². The second-order valence-electron chi connectivity index (χ2n) is 2.36. The van der Waals surface area contributed by atoms with Crippen LogP contribution in [0.4, 0.5) is 0 Å². The van der Waals surface area contributed by atoms with Crippen LogP contribution in [0.5, 0.6) is 5.75 Å². The second-order valence-corrected chi connectivity index (χ2v) is 68.7. The SMILES string of the molecule is Cc1ccc([O][Zr]([I])([I])[I])cc1. The molecule has 1 rings (SSSR count). The first kappa shape index (κ1) is 12.2. The summed E-state index contributed by atoms with van der Waals surface area (Å²) < 4.78 is 5.83. The molecular formula is C7H7I3OZr. The van der Waals surface area contributed by atoms with Crippen LogP contribution < -0.4 is 2.81 Å². The molecule has 1 aromatic rings. The second kappa shape index (κ2) is 5.25. The van der Waals surface area contributed by atoms with Crippen LogP contribution in [0.15, 0.2) is 24.3 Å². The molecule has 0 saturated heterocycles. The molecule has 0 atom stereocenters. The first-order chi connectivity index (χ1) is 5.47. The number of hydrogen-bond donors (Lipinski definition) is 0. The van der Waals surface area contributed by atoms with Gasteiger partial charge in [0.2, 0.25) is 0 Å². The molecule has 0 fully saturated rings. The van der Waals surface area contributed by atoms with Crippen LogP contribution in [-0.2, 0) is 8.14 Å². The summed E-state index contributed by atoms with van der Waals surface area (Å²) in [7, 11) is -2.18. The van der Waals surface area contributed by atoms with Crippen molar-refractivity contribution >= 4 is 54.1 Å². The first-order valence-electron chi connectivity index (χ1n) is 3.30. The summed E-state index contributed by atoms with van der Waals surface area (Å²) in [5, 5.41) is 0. The fraction of sp³-hybridized carbons (Fsp3) is 0.143. The average Bonchev–Trinajstić information content (AvgIpc) is 1.91. The Balaban J connectivity index is 2.71. The predicted molar refractivity (Wildman–Crippen MR) is 73.9 cm³/mol. The Morgan fingerprint density at radius 2 is 1.58 bits per heavy atom. The summed E-state index contributed by atoms with van der Waals surface area (Å²) >= 11 is 7.35. The molecule has 0 N–H and O–H groups in total. The molecule has 0 saturated carbocycles. The van der Waals surface area contributed by atoms with Gasteiger partial charge in [-0.25, -0.2) is 0 Å². The molecule has 1 aromatic carbocycles. The Morgan fingerprint density at radius 3 is 2.00 bits per heavy atom. The van der Waals surface area contributed by atoms with Crippen LogP contribution in [0, 0.1) is 6.92 Å². The van der Waals surface area contributed by atoms with Crippen molar-refractivity contribution < 1.29 is 10.9 Å². The molecule has 0 aliphatic heterocycles. The molecule has 0 unspecified atom stereocenters. The normalized spacial score (nSPS) is 11.3. The van der Waals surface area contributed by atoms with Gasteiger partial charge < -0.3 is 0 Å². The van der Waals surface area contributed by atoms with Crippen LogP contribution in [0.1, 0.15) is 5.56 Å². The maximum absolute atomic E-state index is 5.83. The molecule has 0 bridgehead atoms. The van der Waals surface area contributed by atoms with E-state index >= 15 is 0 Å². The van der Waals surface area contributed by atoms with Crippen molar-refractivity contribution in [3.8, 4) is 5.75 Å². The van der Waals surface area contributed by atoms with Crippen molar-refractivity contribution in [1.29, 1.82) is 0 Å². The zero-order valence-corrected chi connectivity index (χ0v) is 15.3. The third-order valence-corrected chi connectivity index (χ3v) is 6.31. The van der Waals surface area contributed by atoms with Crippen LogP contribution in [0.3, 0.4) is 0 Å². The minimum absolute atomic E-state index is 1.01. The van der Waals surface area contributed by atoms with Gasteiger partial charge in [0.25, 0.3) is 0 Å². The average molecular weight is 579 g/mol. The van der Waals surface area contributed by atoms with Gasteiger partial charge >= 0.3 is 108 Å². The maximum atomic E-state index is 5.83. The van der Waals surface area contributed by atoms with Gasteiger partial charge in [-0.1, -0.05) is 0 Å². The van der Waals surface area contributed by atoms with E-state index in [0.717, 1.165) is 5.75 Å². The van der Waals surface area contributed by atoms with Gasteiger partial charge in [-0.3, -0.25) is 0 Å². The molecule has 1 nitrogen and oxygen atoms in total. The van der Waals surface area contributed by atoms with Crippen LogP contribution in [0.25, 0.3) is 0 Å². The number of halogens is 3. The van der Waals surface area contributed by atoms with E-state index in [9.17, 15) is 0 Å². The quantitative estimate of drug-likeness (QED) is 0.470. The predicted octanol–water partition coefficient (Wildman–Crippen LogP) is 4.49. The van der Waals surface area contributed by atoms with Crippen LogP contribution >= 0.6 is 54.1 Å². The van der Waals surface area contributed by atoms with Crippen molar-refractivity contribution in [2.75, 3.05) is 0 Å². The topological polar surface area (TPSA) is 9.23 Å². The molecule has 0 aliphatic carbocycles. The first-order valence-corrected chi connectivity index (χ1v) is 26.2. The van der Waals surface area contributed by atoms with Gasteiger partial charge in [0.15, 0.2) is 0 Å². The van der Waals surface area contributed by atoms with E-state index < -0.39 is 8.14 Å². The Hall–Kier alpha value is 2.09. The van der Waals surface area contributed by atoms with E-state index in [2.05, 4.69) is 73.2 Å². The zero-order chi connectivity index (χ0) is 9.19. The molecule has 66 valence electrons. The third-order valence-electron chi connectivity index (χ3n) is 1.25. The number of rotatable bonds is 2. The van der Waals surface area contributed by atoms with Gasteiger partial charge in [0.05, 0.1) is 0 Å². The van der Waals surface area contributed by atoms with Gasteiger partial charge in [-0.15, -0.1) is 0 Å². The van der Waals surface area contributed by atoms with Crippen molar-refractivity contribution in [2.45, 2.75) is 6.92 Å². The zero-order valence-electron chi connectivity index (χ0n) is 6.35. The minimum atomic E-state index is -2.18. The molecule has 0 amide bonds. The summed E-state index contributed by atoms with van der Waals surface area (Å²) in [6, 6.07) is 8.24. The van der Waals surface area contributed by atoms with E-state index in [0.29, 0.717) is 0 Å². The molecule has 12 heavy (non-hydrogen) atoms. The van der Waals surface area contributed by atoms with E-state index in [4.69, 9.17) is 2.81 Å². The monoisotopic (exact) mass is 578 g/mol. The third kappa shape index (κ3) is 5.09.